The fourth-order valence-corrected chi connectivity index (χ4v) is 5.25. The highest BCUT2D eigenvalue weighted by molar-refractivity contribution is 5.77. The van der Waals surface area contributed by atoms with Crippen LogP contribution in [0.4, 0.5) is 4.39 Å². The first-order chi connectivity index (χ1) is 12.9. The molecule has 6 heteroatoms. The number of rotatable bonds is 6. The molecule has 0 unspecified atom stereocenters. The molecule has 3 aliphatic rings. The van der Waals surface area contributed by atoms with Gasteiger partial charge in [0.25, 0.3) is 0 Å². The molecule has 5 nitrogen and oxygen atoms in total. The predicted octanol–water partition coefficient (Wildman–Crippen LogP) is 1.79. The van der Waals surface area contributed by atoms with Gasteiger partial charge in [0.05, 0.1) is 18.2 Å². The summed E-state index contributed by atoms with van der Waals surface area (Å²) in [6.07, 6.45) is 2.45. The van der Waals surface area contributed by atoms with Gasteiger partial charge in [-0.2, -0.15) is 0 Å². The molecule has 0 saturated carbocycles. The summed E-state index contributed by atoms with van der Waals surface area (Å²) < 4.78 is 20.3. The van der Waals surface area contributed by atoms with Gasteiger partial charge in [-0.05, 0) is 51.1 Å². The van der Waals surface area contributed by atoms with E-state index in [-0.39, 0.29) is 23.4 Å². The van der Waals surface area contributed by atoms with E-state index in [0.717, 1.165) is 38.0 Å². The molecule has 1 spiro atoms. The zero-order valence-corrected chi connectivity index (χ0v) is 16.5. The quantitative estimate of drug-likeness (QED) is 0.824. The molecule has 0 radical (unpaired) electrons. The van der Waals surface area contributed by atoms with Gasteiger partial charge in [0, 0.05) is 38.0 Å². The summed E-state index contributed by atoms with van der Waals surface area (Å²) in [5.74, 6) is 0.765. The molecule has 148 valence electrons. The van der Waals surface area contributed by atoms with Crippen LogP contribution >= 0.6 is 0 Å². The Morgan fingerprint density at radius 3 is 3.00 bits per heavy atom. The SMILES string of the molecule is Cc1ccc(CN2C[C@@H]3[C@H](CNC(=O)CN(C)C)[C@H]4CC[C@]3(C2)O4)cc1F. The lowest BCUT2D eigenvalue weighted by molar-refractivity contribution is -0.122. The number of benzene rings is 1. The van der Waals surface area contributed by atoms with E-state index in [9.17, 15) is 9.18 Å². The van der Waals surface area contributed by atoms with Crippen LogP contribution in [-0.2, 0) is 16.1 Å². The Kier molecular flexibility index (Phi) is 4.99. The molecule has 4 atom stereocenters. The Bertz CT molecular complexity index is 725. The summed E-state index contributed by atoms with van der Waals surface area (Å²) in [5.41, 5.74) is 1.64. The van der Waals surface area contributed by atoms with E-state index in [1.807, 2.05) is 31.1 Å². The smallest absolute Gasteiger partial charge is 0.234 e. The van der Waals surface area contributed by atoms with Crippen molar-refractivity contribution in [2.45, 2.75) is 38.0 Å². The van der Waals surface area contributed by atoms with Crippen LogP contribution in [-0.4, -0.2) is 67.7 Å². The third-order valence-electron chi connectivity index (χ3n) is 6.49. The maximum atomic E-state index is 13.9. The van der Waals surface area contributed by atoms with Crippen LogP contribution in [0, 0.1) is 24.6 Å². The lowest BCUT2D eigenvalue weighted by Crippen LogP contribution is -2.43. The van der Waals surface area contributed by atoms with E-state index in [1.165, 1.54) is 0 Å². The number of hydrogen-bond acceptors (Lipinski definition) is 4. The molecule has 1 amide bonds. The van der Waals surface area contributed by atoms with Crippen LogP contribution in [0.25, 0.3) is 0 Å². The summed E-state index contributed by atoms with van der Waals surface area (Å²) in [6.45, 7) is 5.52. The summed E-state index contributed by atoms with van der Waals surface area (Å²) >= 11 is 0. The maximum absolute atomic E-state index is 13.9. The first-order valence-electron chi connectivity index (χ1n) is 9.93. The van der Waals surface area contributed by atoms with Crippen molar-refractivity contribution in [3.05, 3.63) is 35.1 Å². The minimum Gasteiger partial charge on any atom is -0.370 e. The van der Waals surface area contributed by atoms with E-state index >= 15 is 0 Å². The summed E-state index contributed by atoms with van der Waals surface area (Å²) in [5, 5.41) is 3.10. The number of ether oxygens (including phenoxy) is 1. The van der Waals surface area contributed by atoms with Gasteiger partial charge in [-0.1, -0.05) is 12.1 Å². The third kappa shape index (κ3) is 3.62. The highest BCUT2D eigenvalue weighted by Gasteiger charge is 2.62. The monoisotopic (exact) mass is 375 g/mol. The molecule has 3 heterocycles. The number of halogens is 1. The second-order valence-electron chi connectivity index (χ2n) is 8.83. The minimum atomic E-state index is -0.135. The first-order valence-corrected chi connectivity index (χ1v) is 9.93. The number of likely N-dealkylation sites (tertiary alicyclic amines) is 1. The molecule has 3 saturated heterocycles. The van der Waals surface area contributed by atoms with Crippen LogP contribution in [0.3, 0.4) is 0 Å². The fraction of sp³-hybridized carbons (Fsp3) is 0.667. The highest BCUT2D eigenvalue weighted by Crippen LogP contribution is 2.54. The molecule has 0 aliphatic carbocycles. The van der Waals surface area contributed by atoms with Crippen molar-refractivity contribution in [2.75, 3.05) is 40.3 Å². The van der Waals surface area contributed by atoms with Crippen LogP contribution in [0.15, 0.2) is 18.2 Å². The molecule has 0 aromatic heterocycles. The van der Waals surface area contributed by atoms with E-state index in [2.05, 4.69) is 10.2 Å². The summed E-state index contributed by atoms with van der Waals surface area (Å²) in [4.78, 5) is 16.3. The van der Waals surface area contributed by atoms with Gasteiger partial charge in [-0.15, -0.1) is 0 Å². The number of carbonyl (C=O) groups excluding carboxylic acids is 1. The second-order valence-corrected chi connectivity index (χ2v) is 8.83. The number of amides is 1. The van der Waals surface area contributed by atoms with E-state index < -0.39 is 0 Å². The number of likely N-dealkylation sites (N-methyl/N-ethyl adjacent to an activating group) is 1. The summed E-state index contributed by atoms with van der Waals surface area (Å²) in [6, 6.07) is 5.52. The molecule has 4 rings (SSSR count). The Morgan fingerprint density at radius 1 is 1.44 bits per heavy atom. The highest BCUT2D eigenvalue weighted by atomic mass is 19.1. The number of carbonyl (C=O) groups is 1. The lowest BCUT2D eigenvalue weighted by atomic mass is 9.73. The number of aryl methyl sites for hydroxylation is 1. The fourth-order valence-electron chi connectivity index (χ4n) is 5.25. The molecular formula is C21H30FN3O2. The molecule has 3 fully saturated rings. The Labute approximate surface area is 160 Å². The number of fused-ring (bicyclic) bond motifs is 1. The van der Waals surface area contributed by atoms with Crippen molar-refractivity contribution >= 4 is 5.91 Å². The van der Waals surface area contributed by atoms with E-state index in [0.29, 0.717) is 30.5 Å². The minimum absolute atomic E-state index is 0.0646. The van der Waals surface area contributed by atoms with Gasteiger partial charge in [0.2, 0.25) is 5.91 Å². The molecule has 1 aromatic carbocycles. The van der Waals surface area contributed by atoms with Crippen LogP contribution in [0.1, 0.15) is 24.0 Å². The maximum Gasteiger partial charge on any atom is 0.234 e. The van der Waals surface area contributed by atoms with Crippen LogP contribution in [0.5, 0.6) is 0 Å². The number of nitrogens with one attached hydrogen (secondary N) is 1. The van der Waals surface area contributed by atoms with Gasteiger partial charge in [0.1, 0.15) is 5.82 Å². The number of hydrogen-bond donors (Lipinski definition) is 1. The van der Waals surface area contributed by atoms with E-state index in [1.54, 1.807) is 13.0 Å². The summed E-state index contributed by atoms with van der Waals surface area (Å²) in [7, 11) is 3.80. The van der Waals surface area contributed by atoms with Gasteiger partial charge in [-0.25, -0.2) is 4.39 Å². The zero-order valence-electron chi connectivity index (χ0n) is 16.5. The Balaban J connectivity index is 1.39. The van der Waals surface area contributed by atoms with Crippen molar-refractivity contribution in [3.8, 4) is 0 Å². The molecule has 3 aliphatic heterocycles. The lowest BCUT2D eigenvalue weighted by Gasteiger charge is -2.29. The molecular weight excluding hydrogens is 345 g/mol. The Morgan fingerprint density at radius 2 is 2.26 bits per heavy atom. The van der Waals surface area contributed by atoms with Crippen molar-refractivity contribution in [2.24, 2.45) is 11.8 Å². The van der Waals surface area contributed by atoms with Crippen molar-refractivity contribution in [3.63, 3.8) is 0 Å². The van der Waals surface area contributed by atoms with Crippen LogP contribution in [0.2, 0.25) is 0 Å². The van der Waals surface area contributed by atoms with Crippen LogP contribution < -0.4 is 5.32 Å². The number of nitrogens with zero attached hydrogens (tertiary/aromatic N) is 2. The standard InChI is InChI=1S/C21H30FN3O2/c1-14-4-5-15(8-18(14)22)10-25-11-17-16(9-23-20(26)12-24(2)3)19-6-7-21(17,13-25)27-19/h4-5,8,16-17,19H,6-7,9-13H2,1-3H3,(H,23,26)/t16-,17+,19+,21+/m0/s1. The third-order valence-corrected chi connectivity index (χ3v) is 6.49. The topological polar surface area (TPSA) is 44.8 Å². The van der Waals surface area contributed by atoms with Crippen molar-refractivity contribution in [1.82, 2.24) is 15.1 Å². The van der Waals surface area contributed by atoms with Crippen molar-refractivity contribution in [1.29, 1.82) is 0 Å². The van der Waals surface area contributed by atoms with Gasteiger partial charge >= 0.3 is 0 Å². The predicted molar refractivity (Wildman–Crippen MR) is 102 cm³/mol. The molecule has 1 N–H and O–H groups in total. The van der Waals surface area contributed by atoms with Gasteiger partial charge < -0.3 is 15.0 Å². The Hall–Kier alpha value is -1.50. The zero-order chi connectivity index (χ0) is 19.2. The average Bonchev–Trinajstić information content (AvgIpc) is 3.23. The molecule has 1 aromatic rings. The largest absolute Gasteiger partial charge is 0.370 e. The van der Waals surface area contributed by atoms with Gasteiger partial charge in [0.15, 0.2) is 0 Å². The molecule has 27 heavy (non-hydrogen) atoms. The normalized spacial score (nSPS) is 32.3. The van der Waals surface area contributed by atoms with Crippen molar-refractivity contribution < 1.29 is 13.9 Å². The second kappa shape index (κ2) is 7.15. The average molecular weight is 375 g/mol. The van der Waals surface area contributed by atoms with E-state index in [4.69, 9.17) is 4.74 Å². The van der Waals surface area contributed by atoms with Gasteiger partial charge in [-0.3, -0.25) is 9.69 Å². The molecule has 2 bridgehead atoms. The first kappa shape index (κ1) is 18.8.